The van der Waals surface area contributed by atoms with Crippen molar-refractivity contribution < 1.29 is 19.2 Å². The van der Waals surface area contributed by atoms with Gasteiger partial charge in [-0.05, 0) is 30.7 Å². The van der Waals surface area contributed by atoms with Gasteiger partial charge in [0.05, 0.1) is 28.8 Å². The zero-order valence-electron chi connectivity index (χ0n) is 15.6. The van der Waals surface area contributed by atoms with Crippen LogP contribution >= 0.6 is 11.6 Å². The van der Waals surface area contributed by atoms with E-state index in [4.69, 9.17) is 21.1 Å². The van der Waals surface area contributed by atoms with Crippen molar-refractivity contribution in [3.05, 3.63) is 75.1 Å². The van der Waals surface area contributed by atoms with Gasteiger partial charge in [0.15, 0.2) is 12.4 Å². The van der Waals surface area contributed by atoms with Gasteiger partial charge in [0, 0.05) is 18.3 Å². The maximum absolute atomic E-state index is 12.4. The first-order valence-electron chi connectivity index (χ1n) is 8.43. The predicted octanol–water partition coefficient (Wildman–Crippen LogP) is 4.05. The van der Waals surface area contributed by atoms with Crippen LogP contribution in [-0.2, 0) is 6.73 Å². The lowest BCUT2D eigenvalue weighted by Gasteiger charge is -2.09. The third-order valence-electron chi connectivity index (χ3n) is 3.91. The number of aryl methyl sites for hydroxylation is 1. The van der Waals surface area contributed by atoms with Crippen LogP contribution in [0.15, 0.2) is 48.7 Å². The number of carbonyl (C=O) groups excluding carboxylic acids is 1. The van der Waals surface area contributed by atoms with Crippen LogP contribution in [0.1, 0.15) is 16.1 Å². The summed E-state index contributed by atoms with van der Waals surface area (Å²) in [7, 11) is 1.38. The van der Waals surface area contributed by atoms with E-state index in [-0.39, 0.29) is 29.5 Å². The van der Waals surface area contributed by atoms with Gasteiger partial charge in [-0.3, -0.25) is 14.9 Å². The first-order valence-corrected chi connectivity index (χ1v) is 8.81. The molecule has 0 saturated carbocycles. The number of methoxy groups -OCH3 is 1. The first-order chi connectivity index (χ1) is 13.9. The third kappa shape index (κ3) is 5.02. The molecule has 0 aliphatic heterocycles. The molecule has 0 atom stereocenters. The van der Waals surface area contributed by atoms with Gasteiger partial charge in [-0.15, -0.1) is 0 Å². The predicted molar refractivity (Wildman–Crippen MR) is 107 cm³/mol. The number of hydrogen-bond acceptors (Lipinski definition) is 6. The van der Waals surface area contributed by atoms with E-state index < -0.39 is 10.8 Å². The summed E-state index contributed by atoms with van der Waals surface area (Å²) in [6, 6.07) is 10.9. The van der Waals surface area contributed by atoms with Crippen LogP contribution in [0.2, 0.25) is 5.02 Å². The fourth-order valence-electron chi connectivity index (χ4n) is 2.49. The molecule has 2 aromatic carbocycles. The Bertz CT molecular complexity index is 1070. The summed E-state index contributed by atoms with van der Waals surface area (Å²) < 4.78 is 12.1. The largest absolute Gasteiger partial charge is 0.496 e. The maximum Gasteiger partial charge on any atom is 0.276 e. The van der Waals surface area contributed by atoms with Crippen molar-refractivity contribution >= 4 is 28.9 Å². The summed E-state index contributed by atoms with van der Waals surface area (Å²) in [5.74, 6) is 0.236. The van der Waals surface area contributed by atoms with Crippen molar-refractivity contribution in [3.8, 4) is 11.5 Å². The number of nitro groups is 1. The number of hydrogen-bond donors (Lipinski definition) is 1. The van der Waals surface area contributed by atoms with Crippen LogP contribution in [0.5, 0.6) is 11.5 Å². The Kier molecular flexibility index (Phi) is 5.99. The summed E-state index contributed by atoms with van der Waals surface area (Å²) >= 11 is 6.09. The second-order valence-corrected chi connectivity index (χ2v) is 6.49. The average Bonchev–Trinajstić information content (AvgIpc) is 3.17. The van der Waals surface area contributed by atoms with Crippen LogP contribution < -0.4 is 14.8 Å². The van der Waals surface area contributed by atoms with Gasteiger partial charge in [-0.25, -0.2) is 4.68 Å². The molecule has 0 bridgehead atoms. The average molecular weight is 417 g/mol. The van der Waals surface area contributed by atoms with E-state index in [1.807, 2.05) is 13.0 Å². The molecular formula is C19H17ClN4O5. The van der Waals surface area contributed by atoms with E-state index in [1.165, 1.54) is 36.1 Å². The van der Waals surface area contributed by atoms with Crippen LogP contribution in [-0.4, -0.2) is 27.7 Å². The lowest BCUT2D eigenvalue weighted by Crippen LogP contribution is -2.14. The minimum Gasteiger partial charge on any atom is -0.496 e. The second-order valence-electron chi connectivity index (χ2n) is 6.08. The highest BCUT2D eigenvalue weighted by molar-refractivity contribution is 6.32. The van der Waals surface area contributed by atoms with Crippen LogP contribution in [0.4, 0.5) is 11.4 Å². The van der Waals surface area contributed by atoms with E-state index in [0.717, 1.165) is 5.56 Å². The van der Waals surface area contributed by atoms with E-state index in [0.29, 0.717) is 10.8 Å². The van der Waals surface area contributed by atoms with Gasteiger partial charge in [-0.2, -0.15) is 5.10 Å². The van der Waals surface area contributed by atoms with Crippen LogP contribution in [0.25, 0.3) is 0 Å². The summed E-state index contributed by atoms with van der Waals surface area (Å²) in [5.41, 5.74) is 1.14. The topological polar surface area (TPSA) is 109 Å². The molecule has 3 rings (SSSR count). The molecule has 3 aromatic rings. The Labute approximate surface area is 171 Å². The smallest absolute Gasteiger partial charge is 0.276 e. The fraction of sp³-hybridized carbons (Fsp3) is 0.158. The number of nitrogens with one attached hydrogen (secondary N) is 1. The number of carbonyl (C=O) groups is 1. The Morgan fingerprint density at radius 3 is 2.79 bits per heavy atom. The molecule has 0 saturated heterocycles. The monoisotopic (exact) mass is 416 g/mol. The summed E-state index contributed by atoms with van der Waals surface area (Å²) in [5, 5.41) is 18.2. The number of nitrogens with zero attached hydrogens (tertiary/aromatic N) is 3. The Morgan fingerprint density at radius 1 is 1.28 bits per heavy atom. The van der Waals surface area contributed by atoms with Crippen molar-refractivity contribution in [1.82, 2.24) is 9.78 Å². The number of halogens is 1. The number of ether oxygens (including phenoxy) is 2. The Balaban J connectivity index is 1.69. The lowest BCUT2D eigenvalue weighted by atomic mass is 10.2. The molecule has 1 heterocycles. The Hall–Kier alpha value is -3.59. The molecule has 0 fully saturated rings. The molecule has 1 amide bonds. The second kappa shape index (κ2) is 8.61. The van der Waals surface area contributed by atoms with E-state index >= 15 is 0 Å². The number of rotatable bonds is 7. The van der Waals surface area contributed by atoms with E-state index in [9.17, 15) is 14.9 Å². The van der Waals surface area contributed by atoms with Gasteiger partial charge in [0.25, 0.3) is 11.6 Å². The molecule has 0 radical (unpaired) electrons. The molecule has 150 valence electrons. The molecule has 0 aliphatic rings. The molecule has 1 aromatic heterocycles. The highest BCUT2D eigenvalue weighted by Crippen LogP contribution is 2.27. The molecule has 0 unspecified atom stereocenters. The zero-order chi connectivity index (χ0) is 21.0. The molecule has 0 aliphatic carbocycles. The molecule has 10 heteroatoms. The zero-order valence-corrected chi connectivity index (χ0v) is 16.3. The van der Waals surface area contributed by atoms with E-state index in [1.54, 1.807) is 18.3 Å². The molecule has 1 N–H and O–H groups in total. The lowest BCUT2D eigenvalue weighted by molar-refractivity contribution is -0.384. The number of aromatic nitrogens is 2. The fourth-order valence-corrected chi connectivity index (χ4v) is 2.66. The molecular weight excluding hydrogens is 400 g/mol. The van der Waals surface area contributed by atoms with Crippen molar-refractivity contribution in [2.75, 3.05) is 12.4 Å². The standard InChI is InChI=1S/C19H17ClN4O5/c1-12-3-4-16(20)18(7-12)29-11-23-6-5-17(22-23)19(25)21-13-8-14(24(26)27)10-15(9-13)28-2/h3-10H,11H2,1-2H3,(H,21,25). The van der Waals surface area contributed by atoms with Crippen molar-refractivity contribution in [2.45, 2.75) is 13.7 Å². The quantitative estimate of drug-likeness (QED) is 0.459. The van der Waals surface area contributed by atoms with Crippen molar-refractivity contribution in [3.63, 3.8) is 0 Å². The van der Waals surface area contributed by atoms with Crippen molar-refractivity contribution in [2.24, 2.45) is 0 Å². The van der Waals surface area contributed by atoms with Crippen LogP contribution in [0.3, 0.4) is 0 Å². The maximum atomic E-state index is 12.4. The number of anilines is 1. The van der Waals surface area contributed by atoms with Gasteiger partial charge in [0.2, 0.25) is 0 Å². The van der Waals surface area contributed by atoms with Gasteiger partial charge in [-0.1, -0.05) is 17.7 Å². The summed E-state index contributed by atoms with van der Waals surface area (Å²) in [6.07, 6.45) is 1.58. The minimum absolute atomic E-state index is 0.0566. The van der Waals surface area contributed by atoms with Gasteiger partial charge < -0.3 is 14.8 Å². The van der Waals surface area contributed by atoms with E-state index in [2.05, 4.69) is 10.4 Å². The Morgan fingerprint density at radius 2 is 2.07 bits per heavy atom. The highest BCUT2D eigenvalue weighted by Gasteiger charge is 2.15. The molecule has 9 nitrogen and oxygen atoms in total. The molecule has 0 spiro atoms. The number of nitro benzene ring substituents is 1. The van der Waals surface area contributed by atoms with Crippen molar-refractivity contribution in [1.29, 1.82) is 0 Å². The number of non-ortho nitro benzene ring substituents is 1. The SMILES string of the molecule is COc1cc(NC(=O)c2ccn(COc3cc(C)ccc3Cl)n2)cc([N+](=O)[O-])c1. The summed E-state index contributed by atoms with van der Waals surface area (Å²) in [4.78, 5) is 22.9. The van der Waals surface area contributed by atoms with Gasteiger partial charge in [0.1, 0.15) is 11.5 Å². The first kappa shape index (κ1) is 20.2. The third-order valence-corrected chi connectivity index (χ3v) is 4.22. The minimum atomic E-state index is -0.569. The highest BCUT2D eigenvalue weighted by atomic mass is 35.5. The normalized spacial score (nSPS) is 10.4. The molecule has 29 heavy (non-hydrogen) atoms. The van der Waals surface area contributed by atoms with Gasteiger partial charge >= 0.3 is 0 Å². The number of benzene rings is 2. The summed E-state index contributed by atoms with van der Waals surface area (Å²) in [6.45, 7) is 1.98. The number of amides is 1. The van der Waals surface area contributed by atoms with Crippen LogP contribution in [0, 0.1) is 17.0 Å².